The maximum Gasteiger partial charge on any atom is 0.222 e. The van der Waals surface area contributed by atoms with Crippen molar-refractivity contribution in [3.63, 3.8) is 0 Å². The maximum atomic E-state index is 12.6. The molecular weight excluding hydrogens is 290 g/mol. The first-order valence-electron chi connectivity index (χ1n) is 7.13. The Balaban J connectivity index is 1.76. The molecule has 0 spiro atoms. The van der Waals surface area contributed by atoms with Crippen LogP contribution in [0.15, 0.2) is 59.0 Å². The van der Waals surface area contributed by atoms with Gasteiger partial charge in [0.25, 0.3) is 0 Å². The highest BCUT2D eigenvalue weighted by molar-refractivity contribution is 6.03. The second-order valence-electron chi connectivity index (χ2n) is 5.21. The molecule has 4 rings (SSSR count). The van der Waals surface area contributed by atoms with Crippen LogP contribution in [-0.4, -0.2) is 15.8 Å². The van der Waals surface area contributed by atoms with Crippen molar-refractivity contribution in [3.8, 4) is 6.07 Å². The van der Waals surface area contributed by atoms with Crippen molar-refractivity contribution in [3.05, 3.63) is 66.2 Å². The lowest BCUT2D eigenvalue weighted by Crippen LogP contribution is -2.12. The van der Waals surface area contributed by atoms with Crippen molar-refractivity contribution in [1.29, 1.82) is 5.26 Å². The first kappa shape index (κ1) is 13.3. The molecule has 0 radical (unpaired) electrons. The van der Waals surface area contributed by atoms with Crippen LogP contribution in [0.1, 0.15) is 22.3 Å². The van der Waals surface area contributed by atoms with Crippen LogP contribution in [0.25, 0.3) is 22.0 Å². The number of para-hydroxylation sites is 3. The number of benzene rings is 2. The fourth-order valence-electron chi connectivity index (χ4n) is 2.60. The number of fused-ring (bicyclic) bond motifs is 2. The van der Waals surface area contributed by atoms with E-state index in [4.69, 9.17) is 4.42 Å². The number of hydrogen-bond acceptors (Lipinski definition) is 4. The Kier molecular flexibility index (Phi) is 2.95. The molecule has 23 heavy (non-hydrogen) atoms. The fraction of sp³-hybridized carbons (Fsp3) is 0.0556. The molecule has 0 fully saturated rings. The van der Waals surface area contributed by atoms with Crippen LogP contribution in [0.5, 0.6) is 0 Å². The number of rotatable bonds is 3. The topological polar surface area (TPSA) is 82.7 Å². The minimum Gasteiger partial charge on any atom is -0.453 e. The second-order valence-corrected chi connectivity index (χ2v) is 5.21. The van der Waals surface area contributed by atoms with E-state index in [1.54, 1.807) is 12.1 Å². The molecule has 0 aliphatic heterocycles. The lowest BCUT2D eigenvalue weighted by molar-refractivity contribution is 0.0951. The third kappa shape index (κ3) is 2.17. The molecule has 0 bridgehead atoms. The minimum atomic E-state index is -1.03. The number of nitriles is 1. The van der Waals surface area contributed by atoms with Gasteiger partial charge in [-0.1, -0.05) is 30.3 Å². The van der Waals surface area contributed by atoms with E-state index in [-0.39, 0.29) is 5.76 Å². The zero-order chi connectivity index (χ0) is 15.8. The molecule has 1 N–H and O–H groups in total. The highest BCUT2D eigenvalue weighted by Crippen LogP contribution is 2.25. The predicted molar refractivity (Wildman–Crippen MR) is 85.0 cm³/mol. The fourth-order valence-corrected chi connectivity index (χ4v) is 2.60. The van der Waals surface area contributed by atoms with Gasteiger partial charge in [0.2, 0.25) is 5.78 Å². The van der Waals surface area contributed by atoms with Gasteiger partial charge in [0.15, 0.2) is 11.7 Å². The number of H-pyrrole nitrogens is 1. The highest BCUT2D eigenvalue weighted by Gasteiger charge is 2.27. The van der Waals surface area contributed by atoms with Crippen molar-refractivity contribution in [1.82, 2.24) is 9.97 Å². The first-order chi connectivity index (χ1) is 11.3. The van der Waals surface area contributed by atoms with Gasteiger partial charge in [-0.05, 0) is 24.3 Å². The molecule has 1 atom stereocenters. The molecular formula is C18H11N3O2. The number of aromatic amines is 1. The molecule has 0 unspecified atom stereocenters. The monoisotopic (exact) mass is 301 g/mol. The van der Waals surface area contributed by atoms with Crippen LogP contribution < -0.4 is 0 Å². The standard InChI is InChI=1S/C18H11N3O2/c19-10-12(18-20-13-6-2-3-7-14(13)21-18)17(22)16-9-11-5-1-4-8-15(11)23-16/h1-9,12H,(H,20,21)/t12-/m0/s1. The summed E-state index contributed by atoms with van der Waals surface area (Å²) >= 11 is 0. The van der Waals surface area contributed by atoms with Crippen molar-refractivity contribution in [2.75, 3.05) is 0 Å². The Labute approximate surface area is 131 Å². The molecule has 0 saturated heterocycles. The zero-order valence-corrected chi connectivity index (χ0v) is 12.0. The summed E-state index contributed by atoms with van der Waals surface area (Å²) in [5.41, 5.74) is 2.14. The van der Waals surface area contributed by atoms with E-state index < -0.39 is 11.7 Å². The number of carbonyl (C=O) groups is 1. The lowest BCUT2D eigenvalue weighted by Gasteiger charge is -2.01. The molecule has 5 nitrogen and oxygen atoms in total. The summed E-state index contributed by atoms with van der Waals surface area (Å²) in [6.45, 7) is 0. The van der Waals surface area contributed by atoms with Crippen LogP contribution in [0.3, 0.4) is 0 Å². The predicted octanol–water partition coefficient (Wildman–Crippen LogP) is 3.80. The smallest absolute Gasteiger partial charge is 0.222 e. The quantitative estimate of drug-likeness (QED) is 0.583. The van der Waals surface area contributed by atoms with Gasteiger partial charge in [-0.2, -0.15) is 5.26 Å². The largest absolute Gasteiger partial charge is 0.453 e. The number of nitrogens with one attached hydrogen (secondary N) is 1. The minimum absolute atomic E-state index is 0.165. The summed E-state index contributed by atoms with van der Waals surface area (Å²) in [7, 11) is 0. The average molecular weight is 301 g/mol. The van der Waals surface area contributed by atoms with Crippen LogP contribution in [0.2, 0.25) is 0 Å². The van der Waals surface area contributed by atoms with Crippen molar-refractivity contribution in [2.45, 2.75) is 5.92 Å². The van der Waals surface area contributed by atoms with Gasteiger partial charge in [-0.3, -0.25) is 4.79 Å². The van der Waals surface area contributed by atoms with E-state index in [0.29, 0.717) is 11.4 Å². The second kappa shape index (κ2) is 5.11. The summed E-state index contributed by atoms with van der Waals surface area (Å²) in [4.78, 5) is 20.0. The summed E-state index contributed by atoms with van der Waals surface area (Å²) in [6.07, 6.45) is 0. The first-order valence-corrected chi connectivity index (χ1v) is 7.13. The van der Waals surface area contributed by atoms with E-state index >= 15 is 0 Å². The van der Waals surface area contributed by atoms with Gasteiger partial charge >= 0.3 is 0 Å². The highest BCUT2D eigenvalue weighted by atomic mass is 16.3. The number of imidazole rings is 1. The van der Waals surface area contributed by atoms with Crippen LogP contribution >= 0.6 is 0 Å². The lowest BCUT2D eigenvalue weighted by atomic mass is 10.0. The number of carbonyl (C=O) groups excluding carboxylic acids is 1. The van der Waals surface area contributed by atoms with Gasteiger partial charge in [0, 0.05) is 5.39 Å². The third-order valence-electron chi connectivity index (χ3n) is 3.74. The number of hydrogen-bond donors (Lipinski definition) is 1. The van der Waals surface area contributed by atoms with Gasteiger partial charge in [-0.15, -0.1) is 0 Å². The summed E-state index contributed by atoms with van der Waals surface area (Å²) in [6, 6.07) is 18.4. The number of ketones is 1. The number of Topliss-reactive ketones (excluding diaryl/α,β-unsaturated/α-hetero) is 1. The molecule has 0 amide bonds. The van der Waals surface area contributed by atoms with Crippen molar-refractivity contribution in [2.24, 2.45) is 0 Å². The molecule has 5 heteroatoms. The van der Waals surface area contributed by atoms with Gasteiger partial charge in [0.05, 0.1) is 17.1 Å². The molecule has 2 heterocycles. The molecule has 2 aromatic heterocycles. The Morgan fingerprint density at radius 2 is 1.96 bits per heavy atom. The normalized spacial score (nSPS) is 12.3. The van der Waals surface area contributed by atoms with E-state index in [0.717, 1.165) is 16.4 Å². The molecule has 4 aromatic rings. The Bertz CT molecular complexity index is 1000. The van der Waals surface area contributed by atoms with Crippen molar-refractivity contribution >= 4 is 27.8 Å². The SMILES string of the molecule is N#C[C@@H](C(=O)c1cc2ccccc2o1)c1nc2ccccc2[nH]1. The summed E-state index contributed by atoms with van der Waals surface area (Å²) in [5, 5.41) is 10.3. The molecule has 0 saturated carbocycles. The summed E-state index contributed by atoms with van der Waals surface area (Å²) in [5.74, 6) is -0.928. The number of nitrogens with zero attached hydrogens (tertiary/aromatic N) is 2. The number of furan rings is 1. The van der Waals surface area contributed by atoms with Gasteiger partial charge in [0.1, 0.15) is 11.4 Å². The van der Waals surface area contributed by atoms with E-state index in [1.807, 2.05) is 48.5 Å². The molecule has 2 aromatic carbocycles. The number of aromatic nitrogens is 2. The summed E-state index contributed by atoms with van der Waals surface area (Å²) < 4.78 is 5.57. The van der Waals surface area contributed by atoms with Gasteiger partial charge < -0.3 is 9.40 Å². The van der Waals surface area contributed by atoms with E-state index in [2.05, 4.69) is 9.97 Å². The maximum absolute atomic E-state index is 12.6. The van der Waals surface area contributed by atoms with E-state index in [1.165, 1.54) is 0 Å². The van der Waals surface area contributed by atoms with Crippen LogP contribution in [0.4, 0.5) is 0 Å². The molecule has 0 aliphatic carbocycles. The van der Waals surface area contributed by atoms with Gasteiger partial charge in [-0.25, -0.2) is 4.98 Å². The Morgan fingerprint density at radius 3 is 2.74 bits per heavy atom. The van der Waals surface area contributed by atoms with Crippen LogP contribution in [0, 0.1) is 11.3 Å². The Morgan fingerprint density at radius 1 is 1.17 bits per heavy atom. The molecule has 110 valence electrons. The van der Waals surface area contributed by atoms with E-state index in [9.17, 15) is 10.1 Å². The molecule has 0 aliphatic rings. The third-order valence-corrected chi connectivity index (χ3v) is 3.74. The van der Waals surface area contributed by atoms with Crippen LogP contribution in [-0.2, 0) is 0 Å². The Hall–Kier alpha value is -3.39. The van der Waals surface area contributed by atoms with Crippen molar-refractivity contribution < 1.29 is 9.21 Å². The average Bonchev–Trinajstić information content (AvgIpc) is 3.19. The zero-order valence-electron chi connectivity index (χ0n) is 12.0.